The Balaban J connectivity index is 1.54. The molecule has 0 bridgehead atoms. The van der Waals surface area contributed by atoms with Crippen molar-refractivity contribution in [3.8, 4) is 17.0 Å². The number of thioether (sulfide) groups is 1. The van der Waals surface area contributed by atoms with Crippen LogP contribution in [0, 0.1) is 6.92 Å². The largest absolute Gasteiger partial charge is 0.493 e. The molecule has 0 unspecified atom stereocenters. The quantitative estimate of drug-likeness (QED) is 0.477. The van der Waals surface area contributed by atoms with Crippen LogP contribution in [0.1, 0.15) is 15.9 Å². The van der Waals surface area contributed by atoms with E-state index < -0.39 is 5.97 Å². The fraction of sp³-hybridized carbons (Fsp3) is 0.158. The molecule has 0 saturated carbocycles. The molecule has 2 N–H and O–H groups in total. The lowest BCUT2D eigenvalue weighted by molar-refractivity contribution is 0.0697. The molecule has 0 aliphatic rings. The molecule has 0 aliphatic carbocycles. The van der Waals surface area contributed by atoms with Crippen molar-refractivity contribution in [2.24, 2.45) is 0 Å². The second kappa shape index (κ2) is 8.50. The van der Waals surface area contributed by atoms with Crippen LogP contribution in [-0.2, 0) is 0 Å². The van der Waals surface area contributed by atoms with Gasteiger partial charge < -0.3 is 9.84 Å². The first-order valence-corrected chi connectivity index (χ1v) is 9.14. The van der Waals surface area contributed by atoms with Crippen LogP contribution in [0.2, 0.25) is 0 Å². The minimum Gasteiger partial charge on any atom is -0.493 e. The number of nitrogens with one attached hydrogen (secondary N) is 1. The van der Waals surface area contributed by atoms with Gasteiger partial charge in [-0.15, -0.1) is 10.2 Å². The monoisotopic (exact) mass is 383 g/mol. The lowest BCUT2D eigenvalue weighted by Gasteiger charge is -2.06. The maximum Gasteiger partial charge on any atom is 0.335 e. The minimum atomic E-state index is -0.978. The average molecular weight is 383 g/mol. The Morgan fingerprint density at radius 1 is 1.11 bits per heavy atom. The Bertz CT molecular complexity index is 985. The van der Waals surface area contributed by atoms with E-state index in [1.165, 1.54) is 23.9 Å². The topological polar surface area (TPSA) is 105 Å². The van der Waals surface area contributed by atoms with Gasteiger partial charge in [-0.3, -0.25) is 9.78 Å². The number of hydrogen-bond donors (Lipinski definition) is 2. The number of hydrogen-bond acceptors (Lipinski definition) is 6. The van der Waals surface area contributed by atoms with Crippen molar-refractivity contribution < 1.29 is 14.6 Å². The van der Waals surface area contributed by atoms with Gasteiger partial charge in [0.05, 0.1) is 12.2 Å². The predicted octanol–water partition coefficient (Wildman–Crippen LogP) is 3.01. The summed E-state index contributed by atoms with van der Waals surface area (Å²) in [6, 6.07) is 13.7. The van der Waals surface area contributed by atoms with Crippen LogP contribution in [0.3, 0.4) is 0 Å². The summed E-state index contributed by atoms with van der Waals surface area (Å²) in [5, 5.41) is 17.4. The molecule has 0 radical (unpaired) electrons. The van der Waals surface area contributed by atoms with Crippen molar-refractivity contribution in [1.82, 2.24) is 15.2 Å². The molecule has 0 amide bonds. The normalized spacial score (nSPS) is 10.6. The highest BCUT2D eigenvalue weighted by molar-refractivity contribution is 7.99. The molecule has 3 aromatic rings. The summed E-state index contributed by atoms with van der Waals surface area (Å²) >= 11 is 1.32. The molecule has 27 heavy (non-hydrogen) atoms. The van der Waals surface area contributed by atoms with Gasteiger partial charge in [0.1, 0.15) is 5.75 Å². The van der Waals surface area contributed by atoms with Crippen molar-refractivity contribution in [3.63, 3.8) is 0 Å². The number of carbonyl (C=O) groups is 1. The summed E-state index contributed by atoms with van der Waals surface area (Å²) in [5.41, 5.74) is 2.03. The van der Waals surface area contributed by atoms with Gasteiger partial charge in [0.2, 0.25) is 0 Å². The maximum absolute atomic E-state index is 12.2. The first-order chi connectivity index (χ1) is 13.0. The maximum atomic E-state index is 12.2. The summed E-state index contributed by atoms with van der Waals surface area (Å²) in [5.74, 6) is 0.151. The van der Waals surface area contributed by atoms with Gasteiger partial charge in [-0.1, -0.05) is 41.6 Å². The summed E-state index contributed by atoms with van der Waals surface area (Å²) in [4.78, 5) is 25.7. The summed E-state index contributed by atoms with van der Waals surface area (Å²) in [6.07, 6.45) is 0. The third-order valence-corrected chi connectivity index (χ3v) is 4.52. The highest BCUT2D eigenvalue weighted by Crippen LogP contribution is 2.16. The molecule has 0 saturated heterocycles. The summed E-state index contributed by atoms with van der Waals surface area (Å²) in [6.45, 7) is 2.35. The zero-order valence-corrected chi connectivity index (χ0v) is 15.3. The molecule has 3 rings (SSSR count). The lowest BCUT2D eigenvalue weighted by Crippen LogP contribution is -2.14. The van der Waals surface area contributed by atoms with E-state index >= 15 is 0 Å². The number of carboxylic acid groups (broad SMARTS) is 1. The number of aryl methyl sites for hydroxylation is 1. The molecule has 0 aliphatic heterocycles. The Labute approximate surface area is 159 Å². The van der Waals surface area contributed by atoms with Crippen molar-refractivity contribution in [2.45, 2.75) is 12.1 Å². The minimum absolute atomic E-state index is 0.207. The van der Waals surface area contributed by atoms with Crippen LogP contribution in [0.5, 0.6) is 5.75 Å². The van der Waals surface area contributed by atoms with Gasteiger partial charge in [-0.25, -0.2) is 4.79 Å². The van der Waals surface area contributed by atoms with E-state index in [-0.39, 0.29) is 16.8 Å². The molecular formula is C19H17N3O4S. The highest BCUT2D eigenvalue weighted by Gasteiger charge is 2.08. The average Bonchev–Trinajstić information content (AvgIpc) is 2.67. The molecule has 1 aromatic heterocycles. The van der Waals surface area contributed by atoms with Crippen molar-refractivity contribution >= 4 is 17.7 Å². The number of ether oxygens (including phenoxy) is 1. The van der Waals surface area contributed by atoms with E-state index in [0.717, 1.165) is 11.1 Å². The van der Waals surface area contributed by atoms with Crippen LogP contribution >= 0.6 is 11.8 Å². The number of aromatic nitrogens is 3. The molecule has 2 aromatic carbocycles. The molecule has 0 fully saturated rings. The number of rotatable bonds is 7. The predicted molar refractivity (Wildman–Crippen MR) is 102 cm³/mol. The van der Waals surface area contributed by atoms with Crippen LogP contribution in [-0.4, -0.2) is 38.6 Å². The number of aromatic carboxylic acids is 1. The van der Waals surface area contributed by atoms with Crippen molar-refractivity contribution in [2.75, 3.05) is 12.4 Å². The molecule has 1 heterocycles. The van der Waals surface area contributed by atoms with E-state index in [2.05, 4.69) is 15.2 Å². The molecule has 138 valence electrons. The number of H-pyrrole nitrogens is 1. The van der Waals surface area contributed by atoms with Crippen LogP contribution in [0.25, 0.3) is 11.3 Å². The Kier molecular flexibility index (Phi) is 5.87. The van der Waals surface area contributed by atoms with Crippen LogP contribution in [0.4, 0.5) is 0 Å². The number of aromatic amines is 1. The third kappa shape index (κ3) is 4.95. The van der Waals surface area contributed by atoms with Crippen molar-refractivity contribution in [3.05, 3.63) is 70.0 Å². The van der Waals surface area contributed by atoms with Gasteiger partial charge in [0.25, 0.3) is 5.56 Å². The lowest BCUT2D eigenvalue weighted by atomic mass is 10.1. The molecule has 0 spiro atoms. The van der Waals surface area contributed by atoms with E-state index in [9.17, 15) is 9.59 Å². The summed E-state index contributed by atoms with van der Waals surface area (Å²) in [7, 11) is 0. The second-order valence-electron chi connectivity index (χ2n) is 5.70. The van der Waals surface area contributed by atoms with Crippen LogP contribution in [0.15, 0.2) is 58.5 Å². The number of nitrogens with zero attached hydrogens (tertiary/aromatic N) is 2. The third-order valence-electron chi connectivity index (χ3n) is 3.69. The molecular weight excluding hydrogens is 366 g/mol. The Morgan fingerprint density at radius 2 is 1.81 bits per heavy atom. The fourth-order valence-electron chi connectivity index (χ4n) is 2.28. The summed E-state index contributed by atoms with van der Waals surface area (Å²) < 4.78 is 5.54. The molecule has 7 nitrogen and oxygen atoms in total. The first-order valence-electron chi connectivity index (χ1n) is 8.16. The second-order valence-corrected chi connectivity index (χ2v) is 6.78. The van der Waals surface area contributed by atoms with Gasteiger partial charge in [-0.2, -0.15) is 0 Å². The SMILES string of the molecule is Cc1ccc(-c2nnc(SCCOc3ccc(C(=O)O)cc3)[nH]c2=O)cc1. The van der Waals surface area contributed by atoms with E-state index in [1.54, 1.807) is 12.1 Å². The Morgan fingerprint density at radius 3 is 2.44 bits per heavy atom. The number of benzene rings is 2. The Hall–Kier alpha value is -3.13. The van der Waals surface area contributed by atoms with Crippen molar-refractivity contribution in [1.29, 1.82) is 0 Å². The van der Waals surface area contributed by atoms with E-state index in [0.29, 0.717) is 23.3 Å². The first kappa shape index (κ1) is 18.7. The van der Waals surface area contributed by atoms with E-state index in [4.69, 9.17) is 9.84 Å². The van der Waals surface area contributed by atoms with Gasteiger partial charge >= 0.3 is 5.97 Å². The van der Waals surface area contributed by atoms with Gasteiger partial charge in [-0.05, 0) is 31.2 Å². The fourth-order valence-corrected chi connectivity index (χ4v) is 2.90. The smallest absolute Gasteiger partial charge is 0.335 e. The molecule has 8 heteroatoms. The standard InChI is InChI=1S/C19H17N3O4S/c1-12-2-4-13(5-3-12)16-17(23)20-19(22-21-16)27-11-10-26-15-8-6-14(7-9-15)18(24)25/h2-9H,10-11H2,1H3,(H,24,25)(H,20,22,23). The molecule has 0 atom stereocenters. The zero-order chi connectivity index (χ0) is 19.2. The van der Waals surface area contributed by atoms with Crippen LogP contribution < -0.4 is 10.3 Å². The van der Waals surface area contributed by atoms with Gasteiger partial charge in [0, 0.05) is 11.3 Å². The number of carboxylic acids is 1. The van der Waals surface area contributed by atoms with Gasteiger partial charge in [0.15, 0.2) is 10.9 Å². The zero-order valence-electron chi connectivity index (χ0n) is 14.5. The highest BCUT2D eigenvalue weighted by atomic mass is 32.2. The van der Waals surface area contributed by atoms with E-state index in [1.807, 2.05) is 31.2 Å².